The molecule has 2 N–H and O–H groups in total. The normalized spacial score (nSPS) is 14.6. The van der Waals surface area contributed by atoms with Crippen LogP contribution in [0.1, 0.15) is 40.7 Å². The molecule has 6 nitrogen and oxygen atoms in total. The predicted molar refractivity (Wildman–Crippen MR) is 129 cm³/mol. The summed E-state index contributed by atoms with van der Waals surface area (Å²) in [6, 6.07) is 19.1. The Morgan fingerprint density at radius 3 is 2.65 bits per heavy atom. The molecule has 0 amide bonds. The van der Waals surface area contributed by atoms with Crippen molar-refractivity contribution in [2.45, 2.75) is 19.3 Å². The highest BCUT2D eigenvalue weighted by Gasteiger charge is 2.33. The zero-order valence-corrected chi connectivity index (χ0v) is 19.7. The predicted octanol–water partition coefficient (Wildman–Crippen LogP) is 6.22. The lowest BCUT2D eigenvalue weighted by atomic mass is 9.83. The minimum atomic E-state index is -0.645. The molecule has 0 spiro atoms. The molecule has 8 heteroatoms. The van der Waals surface area contributed by atoms with Gasteiger partial charge < -0.3 is 19.9 Å². The molecule has 1 atom stereocenters. The van der Waals surface area contributed by atoms with Gasteiger partial charge in [-0.1, -0.05) is 54.4 Å². The molecule has 1 aliphatic rings. The van der Waals surface area contributed by atoms with Gasteiger partial charge in [-0.15, -0.1) is 0 Å². The van der Waals surface area contributed by atoms with E-state index in [1.54, 1.807) is 24.3 Å². The van der Waals surface area contributed by atoms with Crippen LogP contribution in [0.15, 0.2) is 72.1 Å². The van der Waals surface area contributed by atoms with Crippen LogP contribution >= 0.6 is 23.2 Å². The summed E-state index contributed by atoms with van der Waals surface area (Å²) in [5.74, 6) is 0.104. The Morgan fingerprint density at radius 2 is 1.91 bits per heavy atom. The van der Waals surface area contributed by atoms with Gasteiger partial charge >= 0.3 is 5.97 Å². The van der Waals surface area contributed by atoms with Crippen molar-refractivity contribution in [1.29, 1.82) is 5.26 Å². The number of esters is 1. The van der Waals surface area contributed by atoms with Crippen molar-refractivity contribution in [2.75, 3.05) is 6.61 Å². The van der Waals surface area contributed by atoms with Gasteiger partial charge in [0.1, 0.15) is 28.9 Å². The number of allylic oxidation sites excluding steroid dienone is 1. The highest BCUT2D eigenvalue weighted by Crippen LogP contribution is 2.46. The van der Waals surface area contributed by atoms with E-state index >= 15 is 0 Å². The van der Waals surface area contributed by atoms with Gasteiger partial charge in [0.2, 0.25) is 5.88 Å². The van der Waals surface area contributed by atoms with Gasteiger partial charge in [0.05, 0.1) is 23.1 Å². The number of fused-ring (bicyclic) bond motifs is 1. The Morgan fingerprint density at radius 1 is 1.12 bits per heavy atom. The van der Waals surface area contributed by atoms with Crippen LogP contribution in [0.5, 0.6) is 17.2 Å². The van der Waals surface area contributed by atoms with Gasteiger partial charge in [-0.3, -0.25) is 0 Å². The highest BCUT2D eigenvalue weighted by molar-refractivity contribution is 6.36. The minimum absolute atomic E-state index is 0.0190. The van der Waals surface area contributed by atoms with Gasteiger partial charge in [-0.2, -0.15) is 5.26 Å². The zero-order chi connectivity index (χ0) is 24.2. The standard InChI is InChI=1S/C26H20Cl2N2O4/c1-2-11-32-22-6-4-3-5-18(22)24-19-10-8-16(13-23(19)34-25(30)20(24)14-29)33-26(31)17-9-7-15(27)12-21(17)28/h3-10,12-13,24H,2,11,30H2,1H3. The molecule has 34 heavy (non-hydrogen) atoms. The first-order valence-electron chi connectivity index (χ1n) is 10.5. The van der Waals surface area contributed by atoms with Crippen LogP contribution in [-0.4, -0.2) is 12.6 Å². The highest BCUT2D eigenvalue weighted by atomic mass is 35.5. The average molecular weight is 495 g/mol. The van der Waals surface area contributed by atoms with Crippen LogP contribution in [0.25, 0.3) is 0 Å². The van der Waals surface area contributed by atoms with Crippen LogP contribution < -0.4 is 19.9 Å². The molecule has 0 aliphatic carbocycles. The molecule has 0 radical (unpaired) electrons. The van der Waals surface area contributed by atoms with E-state index in [1.165, 1.54) is 12.1 Å². The van der Waals surface area contributed by atoms with Crippen molar-refractivity contribution in [3.63, 3.8) is 0 Å². The lowest BCUT2D eigenvalue weighted by Crippen LogP contribution is -2.21. The Kier molecular flexibility index (Phi) is 6.97. The summed E-state index contributed by atoms with van der Waals surface area (Å²) in [6.45, 7) is 2.56. The zero-order valence-electron chi connectivity index (χ0n) is 18.2. The maximum atomic E-state index is 12.6. The summed E-state index contributed by atoms with van der Waals surface area (Å²) in [5, 5.41) is 10.4. The first kappa shape index (κ1) is 23.5. The first-order chi connectivity index (χ1) is 16.4. The van der Waals surface area contributed by atoms with Crippen LogP contribution in [0.2, 0.25) is 10.0 Å². The molecule has 0 bridgehead atoms. The molecule has 1 heterocycles. The molecular formula is C26H20Cl2N2O4. The average Bonchev–Trinajstić information content (AvgIpc) is 2.82. The van der Waals surface area contributed by atoms with E-state index in [0.29, 0.717) is 28.7 Å². The van der Waals surface area contributed by atoms with Crippen LogP contribution in [0.3, 0.4) is 0 Å². The van der Waals surface area contributed by atoms with Gasteiger partial charge in [-0.25, -0.2) is 4.79 Å². The molecule has 172 valence electrons. The second-order valence-corrected chi connectivity index (χ2v) is 8.37. The molecule has 0 aromatic heterocycles. The first-order valence-corrected chi connectivity index (χ1v) is 11.3. The molecule has 0 fully saturated rings. The van der Waals surface area contributed by atoms with E-state index in [-0.39, 0.29) is 27.8 Å². The van der Waals surface area contributed by atoms with E-state index in [9.17, 15) is 10.1 Å². The van der Waals surface area contributed by atoms with Crippen LogP contribution in [-0.2, 0) is 0 Å². The number of halogens is 2. The van der Waals surface area contributed by atoms with Gasteiger partial charge in [0.15, 0.2) is 0 Å². The second-order valence-electron chi connectivity index (χ2n) is 7.52. The number of rotatable bonds is 6. The fourth-order valence-electron chi connectivity index (χ4n) is 3.70. The maximum absolute atomic E-state index is 12.6. The number of carbonyl (C=O) groups is 1. The fourth-order valence-corrected chi connectivity index (χ4v) is 4.18. The van der Waals surface area contributed by atoms with Crippen LogP contribution in [0, 0.1) is 11.3 Å². The van der Waals surface area contributed by atoms with Gasteiger partial charge in [0.25, 0.3) is 0 Å². The summed E-state index contributed by atoms with van der Waals surface area (Å²) in [4.78, 5) is 12.6. The Balaban J connectivity index is 1.71. The SMILES string of the molecule is CCCOc1ccccc1C1C(C#N)=C(N)Oc2cc(OC(=O)c3ccc(Cl)cc3Cl)ccc21. The number of hydrogen-bond donors (Lipinski definition) is 1. The fraction of sp³-hybridized carbons (Fsp3) is 0.154. The summed E-state index contributed by atoms with van der Waals surface area (Å²) in [7, 11) is 0. The van der Waals surface area contributed by atoms with E-state index in [0.717, 1.165) is 12.0 Å². The van der Waals surface area contributed by atoms with Gasteiger partial charge in [0, 0.05) is 22.2 Å². The summed E-state index contributed by atoms with van der Waals surface area (Å²) < 4.78 is 17.2. The Hall–Kier alpha value is -3.66. The van der Waals surface area contributed by atoms with E-state index < -0.39 is 11.9 Å². The molecule has 0 saturated heterocycles. The molecule has 1 unspecified atom stereocenters. The van der Waals surface area contributed by atoms with Crippen LogP contribution in [0.4, 0.5) is 0 Å². The smallest absolute Gasteiger partial charge is 0.345 e. The number of hydrogen-bond acceptors (Lipinski definition) is 6. The second kappa shape index (κ2) is 10.1. The van der Waals surface area contributed by atoms with Crippen molar-refractivity contribution >= 4 is 29.2 Å². The number of nitrogens with zero attached hydrogens (tertiary/aromatic N) is 1. The van der Waals surface area contributed by atoms with E-state index in [4.69, 9.17) is 43.1 Å². The monoisotopic (exact) mass is 494 g/mol. The maximum Gasteiger partial charge on any atom is 0.345 e. The molecule has 0 saturated carbocycles. The van der Waals surface area contributed by atoms with Crippen molar-refractivity contribution in [3.8, 4) is 23.3 Å². The molecular weight excluding hydrogens is 475 g/mol. The number of nitriles is 1. The van der Waals surface area contributed by atoms with Crippen molar-refractivity contribution in [2.24, 2.45) is 5.73 Å². The molecule has 3 aromatic rings. The van der Waals surface area contributed by atoms with Crippen molar-refractivity contribution in [1.82, 2.24) is 0 Å². The lowest BCUT2D eigenvalue weighted by Gasteiger charge is -2.28. The number of ether oxygens (including phenoxy) is 3. The summed E-state index contributed by atoms with van der Waals surface area (Å²) >= 11 is 12.0. The summed E-state index contributed by atoms with van der Waals surface area (Å²) in [6.07, 6.45) is 0.841. The lowest BCUT2D eigenvalue weighted by molar-refractivity contribution is 0.0734. The summed E-state index contributed by atoms with van der Waals surface area (Å²) in [5.41, 5.74) is 8.05. The third-order valence-corrected chi connectivity index (χ3v) is 5.79. The third kappa shape index (κ3) is 4.67. The van der Waals surface area contributed by atoms with Crippen molar-refractivity contribution in [3.05, 3.63) is 98.9 Å². The Labute approximate surface area is 207 Å². The number of benzene rings is 3. The molecule has 1 aliphatic heterocycles. The largest absolute Gasteiger partial charge is 0.493 e. The van der Waals surface area contributed by atoms with E-state index in [1.807, 2.05) is 31.2 Å². The molecule has 4 rings (SSSR count). The van der Waals surface area contributed by atoms with E-state index in [2.05, 4.69) is 6.07 Å². The number of carbonyl (C=O) groups excluding carboxylic acids is 1. The van der Waals surface area contributed by atoms with Crippen molar-refractivity contribution < 1.29 is 19.0 Å². The topological polar surface area (TPSA) is 94.6 Å². The number of nitrogens with two attached hydrogens (primary N) is 1. The Bertz CT molecular complexity index is 1330. The number of para-hydroxylation sites is 1. The quantitative estimate of drug-likeness (QED) is 0.322. The minimum Gasteiger partial charge on any atom is -0.493 e. The molecule has 3 aromatic carbocycles. The third-order valence-electron chi connectivity index (χ3n) is 5.24. The van der Waals surface area contributed by atoms with Gasteiger partial charge in [-0.05, 0) is 36.8 Å².